The van der Waals surface area contributed by atoms with Crippen LogP contribution in [-0.2, 0) is 11.3 Å². The molecule has 1 aliphatic heterocycles. The number of hydrogen-bond donors (Lipinski definition) is 1. The predicted octanol–water partition coefficient (Wildman–Crippen LogP) is 1.37. The Kier molecular flexibility index (Phi) is 4.27. The largest absolute Gasteiger partial charge is 0.454 e. The Bertz CT molecular complexity index is 460. The maximum Gasteiger partial charge on any atom is 0.236 e. The number of carbonyl (C=O) groups is 1. The third-order valence-corrected chi connectivity index (χ3v) is 3.21. The van der Waals surface area contributed by atoms with Gasteiger partial charge in [0.15, 0.2) is 11.5 Å². The molecule has 1 heterocycles. The highest BCUT2D eigenvalue weighted by atomic mass is 16.7. The standard InChI is InChI=1S/C14H20N2O3/c1-10(2)16(3)14(17)8-15-7-11-4-5-12-13(6-11)19-9-18-12/h4-6,10,15H,7-9H2,1-3H3. The molecule has 1 aromatic rings. The number of hydrogen-bond acceptors (Lipinski definition) is 4. The van der Waals surface area contributed by atoms with Gasteiger partial charge in [-0.3, -0.25) is 4.79 Å². The summed E-state index contributed by atoms with van der Waals surface area (Å²) in [7, 11) is 1.81. The summed E-state index contributed by atoms with van der Waals surface area (Å²) in [5, 5.41) is 3.14. The number of amides is 1. The van der Waals surface area contributed by atoms with Crippen molar-refractivity contribution < 1.29 is 14.3 Å². The Hall–Kier alpha value is -1.75. The number of ether oxygens (including phenoxy) is 2. The third-order valence-electron chi connectivity index (χ3n) is 3.21. The Morgan fingerprint density at radius 1 is 1.37 bits per heavy atom. The van der Waals surface area contributed by atoms with Crippen molar-refractivity contribution in [1.29, 1.82) is 0 Å². The highest BCUT2D eigenvalue weighted by Crippen LogP contribution is 2.32. The summed E-state index contributed by atoms with van der Waals surface area (Å²) in [6.07, 6.45) is 0. The second-order valence-corrected chi connectivity index (χ2v) is 4.89. The van der Waals surface area contributed by atoms with Crippen molar-refractivity contribution in [2.45, 2.75) is 26.4 Å². The minimum atomic E-state index is 0.0933. The predicted molar refractivity (Wildman–Crippen MR) is 72.2 cm³/mol. The zero-order chi connectivity index (χ0) is 13.8. The van der Waals surface area contributed by atoms with Crippen molar-refractivity contribution in [1.82, 2.24) is 10.2 Å². The minimum Gasteiger partial charge on any atom is -0.454 e. The molecule has 19 heavy (non-hydrogen) atoms. The minimum absolute atomic E-state index is 0.0933. The molecule has 2 rings (SSSR count). The number of likely N-dealkylation sites (N-methyl/N-ethyl adjacent to an activating group) is 1. The lowest BCUT2D eigenvalue weighted by Crippen LogP contribution is -2.39. The zero-order valence-electron chi connectivity index (χ0n) is 11.6. The molecule has 0 saturated heterocycles. The van der Waals surface area contributed by atoms with Gasteiger partial charge in [-0.05, 0) is 31.5 Å². The molecule has 0 aromatic heterocycles. The highest BCUT2D eigenvalue weighted by Gasteiger charge is 2.14. The molecule has 0 radical (unpaired) electrons. The summed E-state index contributed by atoms with van der Waals surface area (Å²) in [5.74, 6) is 1.64. The van der Waals surface area contributed by atoms with Gasteiger partial charge in [0, 0.05) is 19.6 Å². The Balaban J connectivity index is 1.81. The lowest BCUT2D eigenvalue weighted by molar-refractivity contribution is -0.130. The van der Waals surface area contributed by atoms with Crippen LogP contribution in [0.5, 0.6) is 11.5 Å². The van der Waals surface area contributed by atoms with E-state index in [2.05, 4.69) is 5.32 Å². The molecule has 5 heteroatoms. The van der Waals surface area contributed by atoms with Gasteiger partial charge in [0.25, 0.3) is 0 Å². The average Bonchev–Trinajstić information content (AvgIpc) is 2.84. The average molecular weight is 264 g/mol. The number of carbonyl (C=O) groups excluding carboxylic acids is 1. The fraction of sp³-hybridized carbons (Fsp3) is 0.500. The van der Waals surface area contributed by atoms with Crippen molar-refractivity contribution >= 4 is 5.91 Å². The molecule has 5 nitrogen and oxygen atoms in total. The first-order chi connectivity index (χ1) is 9.08. The van der Waals surface area contributed by atoms with Gasteiger partial charge in [0.05, 0.1) is 6.54 Å². The summed E-state index contributed by atoms with van der Waals surface area (Å²) < 4.78 is 10.6. The van der Waals surface area contributed by atoms with Crippen LogP contribution in [0.15, 0.2) is 18.2 Å². The third kappa shape index (κ3) is 3.38. The maximum atomic E-state index is 11.8. The summed E-state index contributed by atoms with van der Waals surface area (Å²) in [6, 6.07) is 6.02. The fourth-order valence-electron chi connectivity index (χ4n) is 1.78. The molecule has 0 bridgehead atoms. The van der Waals surface area contributed by atoms with Crippen LogP contribution in [0.4, 0.5) is 0 Å². The molecule has 0 saturated carbocycles. The van der Waals surface area contributed by atoms with Crippen LogP contribution in [0.2, 0.25) is 0 Å². The van der Waals surface area contributed by atoms with Crippen LogP contribution < -0.4 is 14.8 Å². The monoisotopic (exact) mass is 264 g/mol. The van der Waals surface area contributed by atoms with Crippen molar-refractivity contribution in [2.24, 2.45) is 0 Å². The van der Waals surface area contributed by atoms with E-state index in [1.807, 2.05) is 39.1 Å². The van der Waals surface area contributed by atoms with E-state index in [-0.39, 0.29) is 18.7 Å². The van der Waals surface area contributed by atoms with Gasteiger partial charge in [-0.2, -0.15) is 0 Å². The number of rotatable bonds is 5. The van der Waals surface area contributed by atoms with Crippen molar-refractivity contribution in [3.8, 4) is 11.5 Å². The van der Waals surface area contributed by atoms with Gasteiger partial charge in [-0.15, -0.1) is 0 Å². The summed E-state index contributed by atoms with van der Waals surface area (Å²) in [5.41, 5.74) is 1.07. The van der Waals surface area contributed by atoms with Gasteiger partial charge < -0.3 is 19.7 Å². The van der Waals surface area contributed by atoms with Gasteiger partial charge in [0.2, 0.25) is 12.7 Å². The molecule has 1 N–H and O–H groups in total. The number of fused-ring (bicyclic) bond motifs is 1. The van der Waals surface area contributed by atoms with Gasteiger partial charge >= 0.3 is 0 Å². The van der Waals surface area contributed by atoms with Gasteiger partial charge in [-0.25, -0.2) is 0 Å². The summed E-state index contributed by atoms with van der Waals surface area (Å²) in [4.78, 5) is 13.5. The molecule has 0 unspecified atom stereocenters. The van der Waals surface area contributed by atoms with E-state index in [4.69, 9.17) is 9.47 Å². The molecule has 0 aliphatic carbocycles. The van der Waals surface area contributed by atoms with Gasteiger partial charge in [0.1, 0.15) is 0 Å². The molecule has 0 fully saturated rings. The Morgan fingerprint density at radius 3 is 2.84 bits per heavy atom. The molecule has 0 atom stereocenters. The first-order valence-corrected chi connectivity index (χ1v) is 6.43. The molecular weight excluding hydrogens is 244 g/mol. The van der Waals surface area contributed by atoms with E-state index >= 15 is 0 Å². The van der Waals surface area contributed by atoms with Crippen LogP contribution in [-0.4, -0.2) is 37.2 Å². The molecule has 1 amide bonds. The normalized spacial score (nSPS) is 12.8. The fourth-order valence-corrected chi connectivity index (χ4v) is 1.78. The van der Waals surface area contributed by atoms with E-state index in [1.165, 1.54) is 0 Å². The van der Waals surface area contributed by atoms with Crippen LogP contribution in [0, 0.1) is 0 Å². The summed E-state index contributed by atoms with van der Waals surface area (Å²) >= 11 is 0. The topological polar surface area (TPSA) is 50.8 Å². The first-order valence-electron chi connectivity index (χ1n) is 6.43. The number of nitrogens with one attached hydrogen (secondary N) is 1. The quantitative estimate of drug-likeness (QED) is 0.872. The lowest BCUT2D eigenvalue weighted by Gasteiger charge is -2.21. The van der Waals surface area contributed by atoms with Gasteiger partial charge in [-0.1, -0.05) is 6.07 Å². The maximum absolute atomic E-state index is 11.8. The number of nitrogens with zero attached hydrogens (tertiary/aromatic N) is 1. The van der Waals surface area contributed by atoms with Crippen LogP contribution >= 0.6 is 0 Å². The van der Waals surface area contributed by atoms with Crippen LogP contribution in [0.1, 0.15) is 19.4 Å². The zero-order valence-corrected chi connectivity index (χ0v) is 11.6. The lowest BCUT2D eigenvalue weighted by atomic mass is 10.2. The molecule has 1 aromatic carbocycles. The van der Waals surface area contributed by atoms with E-state index < -0.39 is 0 Å². The smallest absolute Gasteiger partial charge is 0.236 e. The van der Waals surface area contributed by atoms with E-state index in [0.29, 0.717) is 13.1 Å². The second-order valence-electron chi connectivity index (χ2n) is 4.89. The molecular formula is C14H20N2O3. The summed E-state index contributed by atoms with van der Waals surface area (Å²) in [6.45, 7) is 5.24. The van der Waals surface area contributed by atoms with E-state index in [1.54, 1.807) is 4.90 Å². The van der Waals surface area contributed by atoms with Crippen molar-refractivity contribution in [2.75, 3.05) is 20.4 Å². The van der Waals surface area contributed by atoms with Crippen LogP contribution in [0.3, 0.4) is 0 Å². The number of benzene rings is 1. The SMILES string of the molecule is CC(C)N(C)C(=O)CNCc1ccc2c(c1)OCO2. The van der Waals surface area contributed by atoms with Crippen molar-refractivity contribution in [3.05, 3.63) is 23.8 Å². The second kappa shape index (κ2) is 5.93. The van der Waals surface area contributed by atoms with Crippen LogP contribution in [0.25, 0.3) is 0 Å². The molecule has 0 spiro atoms. The first kappa shape index (κ1) is 13.7. The Labute approximate surface area is 113 Å². The molecule has 1 aliphatic rings. The van der Waals surface area contributed by atoms with E-state index in [0.717, 1.165) is 17.1 Å². The van der Waals surface area contributed by atoms with E-state index in [9.17, 15) is 4.79 Å². The highest BCUT2D eigenvalue weighted by molar-refractivity contribution is 5.78. The Morgan fingerprint density at radius 2 is 2.11 bits per heavy atom. The molecule has 104 valence electrons. The van der Waals surface area contributed by atoms with Crippen molar-refractivity contribution in [3.63, 3.8) is 0 Å².